The maximum absolute atomic E-state index is 12.2. The maximum atomic E-state index is 12.2. The number of hydrogen-bond donors (Lipinski definition) is 1. The molecule has 0 radical (unpaired) electrons. The van der Waals surface area contributed by atoms with Crippen LogP contribution in [0, 0.1) is 0 Å². The molecule has 0 fully saturated rings. The molecule has 2 heterocycles. The smallest absolute Gasteiger partial charge is 0.309 e. The summed E-state index contributed by atoms with van der Waals surface area (Å²) in [5, 5.41) is 10.5. The summed E-state index contributed by atoms with van der Waals surface area (Å²) >= 11 is 0. The zero-order chi connectivity index (χ0) is 17.9. The Bertz CT molecular complexity index is 954. The van der Waals surface area contributed by atoms with Gasteiger partial charge in [0, 0.05) is 12.1 Å². The number of hydrogen-bond acceptors (Lipinski definition) is 7. The molecule has 1 aliphatic rings. The number of fused-ring (bicyclic) bond motifs is 1. The first-order chi connectivity index (χ1) is 12.7. The van der Waals surface area contributed by atoms with Gasteiger partial charge >= 0.3 is 11.8 Å². The molecule has 1 N–H and O–H groups in total. The van der Waals surface area contributed by atoms with Gasteiger partial charge in [-0.25, -0.2) is 0 Å². The molecule has 0 atom stereocenters. The van der Waals surface area contributed by atoms with Crippen molar-refractivity contribution in [2.24, 2.45) is 0 Å². The van der Waals surface area contributed by atoms with E-state index in [1.54, 1.807) is 25.3 Å². The van der Waals surface area contributed by atoms with E-state index >= 15 is 0 Å². The molecule has 0 aliphatic carbocycles. The standard InChI is InChI=1S/C18H15N3O5/c1-23-13-4-2-3-11(7-13)9-19-16(22)18-21-20-17(26-18)12-5-6-14-15(8-12)25-10-24-14/h2-8H,9-10H2,1H3,(H,19,22). The summed E-state index contributed by atoms with van der Waals surface area (Å²) in [6.07, 6.45) is 0. The van der Waals surface area contributed by atoms with Gasteiger partial charge in [0.1, 0.15) is 5.75 Å². The van der Waals surface area contributed by atoms with Gasteiger partial charge in [-0.15, -0.1) is 10.2 Å². The average Bonchev–Trinajstić information content (AvgIpc) is 3.35. The van der Waals surface area contributed by atoms with E-state index in [0.717, 1.165) is 11.3 Å². The molecule has 8 heteroatoms. The van der Waals surface area contributed by atoms with Crippen molar-refractivity contribution in [3.05, 3.63) is 53.9 Å². The highest BCUT2D eigenvalue weighted by molar-refractivity contribution is 5.89. The van der Waals surface area contributed by atoms with Crippen molar-refractivity contribution in [1.82, 2.24) is 15.5 Å². The molecular formula is C18H15N3O5. The third-order valence-electron chi connectivity index (χ3n) is 3.83. The lowest BCUT2D eigenvalue weighted by Gasteiger charge is -2.05. The summed E-state index contributed by atoms with van der Waals surface area (Å²) < 4.78 is 21.2. The second-order valence-electron chi connectivity index (χ2n) is 5.51. The second-order valence-corrected chi connectivity index (χ2v) is 5.51. The number of nitrogens with one attached hydrogen (secondary N) is 1. The number of rotatable bonds is 5. The van der Waals surface area contributed by atoms with E-state index in [-0.39, 0.29) is 18.6 Å². The van der Waals surface area contributed by atoms with Crippen LogP contribution in [0.4, 0.5) is 0 Å². The highest BCUT2D eigenvalue weighted by Gasteiger charge is 2.19. The van der Waals surface area contributed by atoms with Crippen molar-refractivity contribution < 1.29 is 23.4 Å². The van der Waals surface area contributed by atoms with Crippen molar-refractivity contribution in [1.29, 1.82) is 0 Å². The van der Waals surface area contributed by atoms with Crippen LogP contribution >= 0.6 is 0 Å². The van der Waals surface area contributed by atoms with Gasteiger partial charge in [0.2, 0.25) is 12.7 Å². The lowest BCUT2D eigenvalue weighted by molar-refractivity contribution is 0.0916. The van der Waals surface area contributed by atoms with Crippen molar-refractivity contribution in [3.63, 3.8) is 0 Å². The Balaban J connectivity index is 1.44. The molecule has 0 spiro atoms. The van der Waals surface area contributed by atoms with E-state index in [2.05, 4.69) is 15.5 Å². The summed E-state index contributed by atoms with van der Waals surface area (Å²) in [7, 11) is 1.59. The number of ether oxygens (including phenoxy) is 3. The first kappa shape index (κ1) is 15.9. The molecule has 8 nitrogen and oxygen atoms in total. The quantitative estimate of drug-likeness (QED) is 0.752. The van der Waals surface area contributed by atoms with E-state index in [4.69, 9.17) is 18.6 Å². The molecule has 0 saturated carbocycles. The summed E-state index contributed by atoms with van der Waals surface area (Å²) in [5.74, 6) is 1.65. The predicted octanol–water partition coefficient (Wildman–Crippen LogP) is 2.40. The minimum atomic E-state index is -0.452. The molecule has 0 saturated heterocycles. The summed E-state index contributed by atoms with van der Waals surface area (Å²) in [6.45, 7) is 0.498. The first-order valence-electron chi connectivity index (χ1n) is 7.87. The van der Waals surface area contributed by atoms with Gasteiger partial charge in [-0.05, 0) is 35.9 Å². The Morgan fingerprint density at radius 2 is 2.04 bits per heavy atom. The molecule has 1 amide bonds. The monoisotopic (exact) mass is 353 g/mol. The molecule has 1 aliphatic heterocycles. The van der Waals surface area contributed by atoms with Crippen molar-refractivity contribution >= 4 is 5.91 Å². The van der Waals surface area contributed by atoms with Crippen LogP contribution in [0.5, 0.6) is 17.2 Å². The number of carbonyl (C=O) groups excluding carboxylic acids is 1. The zero-order valence-electron chi connectivity index (χ0n) is 13.9. The average molecular weight is 353 g/mol. The van der Waals surface area contributed by atoms with Crippen LogP contribution in [0.2, 0.25) is 0 Å². The van der Waals surface area contributed by atoms with E-state index in [1.807, 2.05) is 24.3 Å². The highest BCUT2D eigenvalue weighted by Crippen LogP contribution is 2.35. The third-order valence-corrected chi connectivity index (χ3v) is 3.83. The van der Waals surface area contributed by atoms with Crippen LogP contribution in [0.25, 0.3) is 11.5 Å². The molecule has 26 heavy (non-hydrogen) atoms. The maximum Gasteiger partial charge on any atom is 0.309 e. The molecule has 132 valence electrons. The van der Waals surface area contributed by atoms with Crippen LogP contribution in [0.3, 0.4) is 0 Å². The van der Waals surface area contributed by atoms with E-state index in [0.29, 0.717) is 23.6 Å². The molecule has 0 bridgehead atoms. The number of methoxy groups -OCH3 is 1. The van der Waals surface area contributed by atoms with Crippen LogP contribution < -0.4 is 19.5 Å². The number of benzene rings is 2. The largest absolute Gasteiger partial charge is 0.497 e. The van der Waals surface area contributed by atoms with Gasteiger partial charge in [-0.2, -0.15) is 0 Å². The van der Waals surface area contributed by atoms with Gasteiger partial charge in [0.15, 0.2) is 11.5 Å². The molecule has 1 aromatic heterocycles. The Kier molecular flexibility index (Phi) is 4.14. The Morgan fingerprint density at radius 3 is 2.92 bits per heavy atom. The van der Waals surface area contributed by atoms with Gasteiger partial charge in [-0.3, -0.25) is 4.79 Å². The van der Waals surface area contributed by atoms with Crippen molar-refractivity contribution in [2.75, 3.05) is 13.9 Å². The fourth-order valence-corrected chi connectivity index (χ4v) is 2.50. The van der Waals surface area contributed by atoms with Crippen LogP contribution in [0.1, 0.15) is 16.2 Å². The second kappa shape index (κ2) is 6.75. The van der Waals surface area contributed by atoms with Gasteiger partial charge in [0.25, 0.3) is 0 Å². The van der Waals surface area contributed by atoms with Crippen LogP contribution in [-0.2, 0) is 6.54 Å². The minimum absolute atomic E-state index is 0.111. The van der Waals surface area contributed by atoms with Gasteiger partial charge in [-0.1, -0.05) is 12.1 Å². The van der Waals surface area contributed by atoms with E-state index < -0.39 is 5.91 Å². The molecule has 3 aromatic rings. The molecule has 2 aromatic carbocycles. The molecular weight excluding hydrogens is 338 g/mol. The number of carbonyl (C=O) groups is 1. The van der Waals surface area contributed by atoms with Gasteiger partial charge in [0.05, 0.1) is 7.11 Å². The Morgan fingerprint density at radius 1 is 1.15 bits per heavy atom. The first-order valence-corrected chi connectivity index (χ1v) is 7.87. The number of aromatic nitrogens is 2. The molecule has 0 unspecified atom stereocenters. The Labute approximate surface area is 148 Å². The number of amides is 1. The van der Waals surface area contributed by atoms with Crippen molar-refractivity contribution in [3.8, 4) is 28.7 Å². The molecule has 4 rings (SSSR count). The van der Waals surface area contributed by atoms with Gasteiger partial charge < -0.3 is 23.9 Å². The highest BCUT2D eigenvalue weighted by atomic mass is 16.7. The van der Waals surface area contributed by atoms with E-state index in [1.165, 1.54) is 0 Å². The number of nitrogens with zero attached hydrogens (tertiary/aromatic N) is 2. The minimum Gasteiger partial charge on any atom is -0.497 e. The normalized spacial score (nSPS) is 12.0. The SMILES string of the molecule is COc1cccc(CNC(=O)c2nnc(-c3ccc4c(c3)OCO4)o2)c1. The van der Waals surface area contributed by atoms with Crippen LogP contribution in [0.15, 0.2) is 46.9 Å². The third kappa shape index (κ3) is 3.16. The van der Waals surface area contributed by atoms with Crippen molar-refractivity contribution in [2.45, 2.75) is 6.54 Å². The zero-order valence-corrected chi connectivity index (χ0v) is 13.9. The topological polar surface area (TPSA) is 95.7 Å². The fourth-order valence-electron chi connectivity index (χ4n) is 2.50. The predicted molar refractivity (Wildman–Crippen MR) is 90.0 cm³/mol. The summed E-state index contributed by atoms with van der Waals surface area (Å²) in [6, 6.07) is 12.7. The fraction of sp³-hybridized carbons (Fsp3) is 0.167. The lowest BCUT2D eigenvalue weighted by Crippen LogP contribution is -2.23. The van der Waals surface area contributed by atoms with Crippen LogP contribution in [-0.4, -0.2) is 30.0 Å². The Hall–Kier alpha value is -3.55. The van der Waals surface area contributed by atoms with E-state index in [9.17, 15) is 4.79 Å². The lowest BCUT2D eigenvalue weighted by atomic mass is 10.2. The summed E-state index contributed by atoms with van der Waals surface area (Å²) in [5.41, 5.74) is 1.54. The summed E-state index contributed by atoms with van der Waals surface area (Å²) in [4.78, 5) is 12.2.